The van der Waals surface area contributed by atoms with Gasteiger partial charge in [-0.15, -0.1) is 0 Å². The summed E-state index contributed by atoms with van der Waals surface area (Å²) in [6, 6.07) is 5.48. The molecule has 1 N–H and O–H groups in total. The van der Waals surface area contributed by atoms with Gasteiger partial charge in [-0.05, 0) is 17.7 Å². The van der Waals surface area contributed by atoms with Crippen LogP contribution in [-0.2, 0) is 30.4 Å². The number of benzene rings is 1. The number of carboxylic acids is 1. The summed E-state index contributed by atoms with van der Waals surface area (Å²) in [6.45, 7) is -0.136. The molecule has 9 heteroatoms. The molecule has 0 aliphatic heterocycles. The smallest absolute Gasteiger partial charge is 0.304 e. The lowest BCUT2D eigenvalue weighted by Crippen LogP contribution is -2.29. The Morgan fingerprint density at radius 2 is 1.67 bits per heavy atom. The lowest BCUT2D eigenvalue weighted by atomic mass is 10.2. The van der Waals surface area contributed by atoms with E-state index in [9.17, 15) is 21.6 Å². The first kappa shape index (κ1) is 17.6. The molecule has 0 unspecified atom stereocenters. The Bertz CT molecular complexity index is 707. The minimum atomic E-state index is -3.77. The van der Waals surface area contributed by atoms with Crippen LogP contribution in [0, 0.1) is 0 Å². The van der Waals surface area contributed by atoms with Gasteiger partial charge in [0.1, 0.15) is 0 Å². The summed E-state index contributed by atoms with van der Waals surface area (Å²) >= 11 is 0. The van der Waals surface area contributed by atoms with Gasteiger partial charge >= 0.3 is 5.97 Å². The van der Waals surface area contributed by atoms with E-state index in [1.54, 1.807) is 0 Å². The van der Waals surface area contributed by atoms with E-state index in [2.05, 4.69) is 0 Å². The molecule has 1 aromatic carbocycles. The third-order valence-electron chi connectivity index (χ3n) is 2.70. The third kappa shape index (κ3) is 5.44. The largest absolute Gasteiger partial charge is 0.481 e. The quantitative estimate of drug-likeness (QED) is 0.769. The number of carbonyl (C=O) groups is 1. The van der Waals surface area contributed by atoms with Crippen molar-refractivity contribution in [2.24, 2.45) is 0 Å². The van der Waals surface area contributed by atoms with Gasteiger partial charge in [0.2, 0.25) is 10.0 Å². The van der Waals surface area contributed by atoms with Crippen LogP contribution in [0.4, 0.5) is 0 Å². The predicted molar refractivity (Wildman–Crippen MR) is 77.1 cm³/mol. The average molecular weight is 335 g/mol. The number of nitrogens with zero attached hydrogens (tertiary/aromatic N) is 1. The summed E-state index contributed by atoms with van der Waals surface area (Å²) in [7, 11) is -5.67. The molecule has 0 saturated carbocycles. The van der Waals surface area contributed by atoms with E-state index >= 15 is 0 Å². The summed E-state index contributed by atoms with van der Waals surface area (Å²) in [6.07, 6.45) is 0.805. The van der Waals surface area contributed by atoms with Crippen LogP contribution in [-0.4, -0.2) is 52.1 Å². The van der Waals surface area contributed by atoms with E-state index in [0.717, 1.165) is 10.6 Å². The molecular weight excluding hydrogens is 318 g/mol. The Hall–Kier alpha value is -1.45. The van der Waals surface area contributed by atoms with E-state index in [1.165, 1.54) is 31.3 Å². The van der Waals surface area contributed by atoms with Gasteiger partial charge in [-0.3, -0.25) is 4.79 Å². The maximum atomic E-state index is 12.2. The Kier molecular flexibility index (Phi) is 5.48. The van der Waals surface area contributed by atoms with Crippen LogP contribution in [0.5, 0.6) is 0 Å². The molecule has 0 amide bonds. The van der Waals surface area contributed by atoms with Gasteiger partial charge in [-0.1, -0.05) is 12.1 Å². The highest BCUT2D eigenvalue weighted by Gasteiger charge is 2.21. The minimum Gasteiger partial charge on any atom is -0.481 e. The molecule has 118 valence electrons. The van der Waals surface area contributed by atoms with Crippen molar-refractivity contribution in [3.05, 3.63) is 29.8 Å². The molecule has 0 aromatic heterocycles. The van der Waals surface area contributed by atoms with Gasteiger partial charge < -0.3 is 5.11 Å². The van der Waals surface area contributed by atoms with Crippen molar-refractivity contribution in [3.8, 4) is 0 Å². The molecule has 21 heavy (non-hydrogen) atoms. The summed E-state index contributed by atoms with van der Waals surface area (Å²) in [4.78, 5) is 10.5. The molecule has 0 aliphatic rings. The van der Waals surface area contributed by atoms with Crippen LogP contribution >= 0.6 is 0 Å². The van der Waals surface area contributed by atoms with E-state index < -0.39 is 25.8 Å². The molecule has 0 atom stereocenters. The van der Waals surface area contributed by atoms with Gasteiger partial charge in [0.15, 0.2) is 9.84 Å². The minimum absolute atomic E-state index is 0.00682. The molecule has 0 fully saturated rings. The van der Waals surface area contributed by atoms with E-state index in [1.807, 2.05) is 0 Å². The molecule has 0 aliphatic carbocycles. The Balaban J connectivity index is 2.92. The molecule has 0 saturated heterocycles. The number of carboxylic acid groups (broad SMARTS) is 1. The van der Waals surface area contributed by atoms with Crippen molar-refractivity contribution >= 4 is 25.8 Å². The Morgan fingerprint density at radius 3 is 2.10 bits per heavy atom. The van der Waals surface area contributed by atoms with Crippen LogP contribution < -0.4 is 0 Å². The van der Waals surface area contributed by atoms with Crippen molar-refractivity contribution in [3.63, 3.8) is 0 Å². The van der Waals surface area contributed by atoms with Crippen LogP contribution in [0.3, 0.4) is 0 Å². The van der Waals surface area contributed by atoms with Crippen LogP contribution in [0.1, 0.15) is 12.0 Å². The molecule has 7 nitrogen and oxygen atoms in total. The van der Waals surface area contributed by atoms with Crippen molar-refractivity contribution in [1.29, 1.82) is 0 Å². The Morgan fingerprint density at radius 1 is 1.14 bits per heavy atom. The maximum Gasteiger partial charge on any atom is 0.304 e. The van der Waals surface area contributed by atoms with Crippen molar-refractivity contribution < 1.29 is 26.7 Å². The standard InChI is InChI=1S/C12H17NO6S2/c1-13(8-7-12(14)15)21(18,19)11-5-3-10(4-6-11)9-20(2,16)17/h3-6H,7-9H2,1-2H3,(H,14,15). The summed E-state index contributed by atoms with van der Waals surface area (Å²) < 4.78 is 47.6. The first-order valence-electron chi connectivity index (χ1n) is 5.97. The molecule has 0 heterocycles. The second kappa shape index (κ2) is 6.54. The number of hydrogen-bond acceptors (Lipinski definition) is 5. The normalized spacial score (nSPS) is 12.5. The van der Waals surface area contributed by atoms with E-state index in [-0.39, 0.29) is 23.6 Å². The zero-order valence-corrected chi connectivity index (χ0v) is 13.3. The van der Waals surface area contributed by atoms with Gasteiger partial charge in [-0.25, -0.2) is 21.1 Å². The summed E-state index contributed by atoms with van der Waals surface area (Å²) in [5.74, 6) is -1.25. The summed E-state index contributed by atoms with van der Waals surface area (Å²) in [5, 5.41) is 8.56. The van der Waals surface area contributed by atoms with Crippen molar-refractivity contribution in [2.45, 2.75) is 17.1 Å². The maximum absolute atomic E-state index is 12.2. The van der Waals surface area contributed by atoms with Crippen molar-refractivity contribution in [1.82, 2.24) is 4.31 Å². The molecule has 1 aromatic rings. The molecule has 0 spiro atoms. The lowest BCUT2D eigenvalue weighted by Gasteiger charge is -2.16. The molecule has 1 rings (SSSR count). The van der Waals surface area contributed by atoms with Gasteiger partial charge in [0.05, 0.1) is 17.1 Å². The van der Waals surface area contributed by atoms with Gasteiger partial charge in [-0.2, -0.15) is 0 Å². The van der Waals surface area contributed by atoms with Crippen LogP contribution in [0.25, 0.3) is 0 Å². The number of hydrogen-bond donors (Lipinski definition) is 1. The monoisotopic (exact) mass is 335 g/mol. The SMILES string of the molecule is CN(CCC(=O)O)S(=O)(=O)c1ccc(CS(C)(=O)=O)cc1. The fourth-order valence-corrected chi connectivity index (χ4v) is 3.58. The van der Waals surface area contributed by atoms with E-state index in [0.29, 0.717) is 5.56 Å². The average Bonchev–Trinajstić information content (AvgIpc) is 2.34. The van der Waals surface area contributed by atoms with E-state index in [4.69, 9.17) is 5.11 Å². The number of aliphatic carboxylic acids is 1. The fourth-order valence-electron chi connectivity index (χ4n) is 1.61. The summed E-state index contributed by atoms with van der Waals surface area (Å²) in [5.41, 5.74) is 0.490. The predicted octanol–water partition coefficient (Wildman–Crippen LogP) is 0.326. The zero-order valence-electron chi connectivity index (χ0n) is 11.7. The highest BCUT2D eigenvalue weighted by Crippen LogP contribution is 2.16. The number of sulfonamides is 1. The van der Waals surface area contributed by atoms with Gasteiger partial charge in [0, 0.05) is 19.8 Å². The Labute approximate surface area is 124 Å². The van der Waals surface area contributed by atoms with Crippen molar-refractivity contribution in [2.75, 3.05) is 19.8 Å². The first-order chi connectivity index (χ1) is 9.52. The number of sulfone groups is 1. The molecule has 0 radical (unpaired) electrons. The lowest BCUT2D eigenvalue weighted by molar-refractivity contribution is -0.137. The third-order valence-corrected chi connectivity index (χ3v) is 5.43. The molecular formula is C12H17NO6S2. The second-order valence-electron chi connectivity index (χ2n) is 4.68. The highest BCUT2D eigenvalue weighted by atomic mass is 32.2. The molecule has 0 bridgehead atoms. The zero-order chi connectivity index (χ0) is 16.3. The first-order valence-corrected chi connectivity index (χ1v) is 9.47. The van der Waals surface area contributed by atoms with Crippen LogP contribution in [0.2, 0.25) is 0 Å². The highest BCUT2D eigenvalue weighted by molar-refractivity contribution is 7.90. The number of rotatable bonds is 7. The topological polar surface area (TPSA) is 109 Å². The fraction of sp³-hybridized carbons (Fsp3) is 0.417. The second-order valence-corrected chi connectivity index (χ2v) is 8.87. The van der Waals surface area contributed by atoms with Gasteiger partial charge in [0.25, 0.3) is 0 Å². The van der Waals surface area contributed by atoms with Crippen LogP contribution in [0.15, 0.2) is 29.2 Å².